The minimum atomic E-state index is -0.282. The number of pyridine rings is 1. The lowest BCUT2D eigenvalue weighted by Gasteiger charge is -2.32. The van der Waals surface area contributed by atoms with Crippen molar-refractivity contribution < 1.29 is 4.39 Å². The summed E-state index contributed by atoms with van der Waals surface area (Å²) >= 11 is 0. The van der Waals surface area contributed by atoms with Gasteiger partial charge in [-0.25, -0.2) is 19.3 Å². The molecule has 3 aromatic heterocycles. The highest BCUT2D eigenvalue weighted by molar-refractivity contribution is 6.01. The quantitative estimate of drug-likeness (QED) is 0.332. The Balaban J connectivity index is 1.40. The number of anilines is 3. The number of halogens is 1. The van der Waals surface area contributed by atoms with E-state index in [1.807, 2.05) is 18.5 Å². The molecule has 0 amide bonds. The van der Waals surface area contributed by atoms with Crippen molar-refractivity contribution in [3.8, 4) is 11.4 Å². The second-order valence-electron chi connectivity index (χ2n) is 9.64. The smallest absolute Gasteiger partial charge is 0.161 e. The molecule has 0 unspecified atom stereocenters. The number of nitrogens with one attached hydrogen (secondary N) is 3. The molecule has 9 heteroatoms. The van der Waals surface area contributed by atoms with Crippen LogP contribution in [0.4, 0.5) is 21.6 Å². The van der Waals surface area contributed by atoms with E-state index in [0.717, 1.165) is 78.6 Å². The van der Waals surface area contributed by atoms with Crippen LogP contribution in [0.1, 0.15) is 25.3 Å². The topological polar surface area (TPSA) is 85.0 Å². The van der Waals surface area contributed by atoms with Gasteiger partial charge in [0.2, 0.25) is 0 Å². The van der Waals surface area contributed by atoms with E-state index in [9.17, 15) is 4.39 Å². The van der Waals surface area contributed by atoms with Gasteiger partial charge in [-0.2, -0.15) is 0 Å². The molecule has 4 aromatic rings. The van der Waals surface area contributed by atoms with Gasteiger partial charge in [0.1, 0.15) is 17.3 Å². The molecule has 0 aliphatic carbocycles. The maximum atomic E-state index is 13.4. The molecular formula is C27H33FN8. The normalized spacial score (nSPS) is 15.0. The number of hydrogen-bond donors (Lipinski definition) is 3. The zero-order valence-corrected chi connectivity index (χ0v) is 21.1. The molecule has 3 N–H and O–H groups in total. The van der Waals surface area contributed by atoms with E-state index in [1.54, 1.807) is 18.3 Å². The first-order valence-electron chi connectivity index (χ1n) is 12.5. The predicted molar refractivity (Wildman–Crippen MR) is 143 cm³/mol. The molecule has 1 saturated heterocycles. The Bertz CT molecular complexity index is 1310. The van der Waals surface area contributed by atoms with Crippen LogP contribution in [0.5, 0.6) is 0 Å². The maximum Gasteiger partial charge on any atom is 0.161 e. The summed E-state index contributed by atoms with van der Waals surface area (Å²) in [4.78, 5) is 22.1. The van der Waals surface area contributed by atoms with Crippen molar-refractivity contribution in [2.24, 2.45) is 0 Å². The van der Waals surface area contributed by atoms with E-state index in [4.69, 9.17) is 4.98 Å². The van der Waals surface area contributed by atoms with Gasteiger partial charge < -0.3 is 20.5 Å². The second kappa shape index (κ2) is 10.6. The summed E-state index contributed by atoms with van der Waals surface area (Å²) in [6, 6.07) is 8.21. The second-order valence-corrected chi connectivity index (χ2v) is 9.64. The standard InChI is InChI=1S/C27H33FN8/c1-18(2)21-16-31-25(19-4-6-20(28)7-5-19)34-26(21)33-22-8-9-30-27-24(22)23(17-32-27)29-10-11-36-14-12-35(3)13-15-36/h4-9,16-18,29H,10-15H2,1-3H3,(H2,30,31,32,33,34). The molecule has 8 nitrogen and oxygen atoms in total. The van der Waals surface area contributed by atoms with Crippen molar-refractivity contribution in [3.63, 3.8) is 0 Å². The molecule has 0 saturated carbocycles. The Labute approximate surface area is 211 Å². The number of benzene rings is 1. The Morgan fingerprint density at radius 2 is 1.81 bits per heavy atom. The zero-order valence-electron chi connectivity index (χ0n) is 21.1. The lowest BCUT2D eigenvalue weighted by atomic mass is 10.1. The summed E-state index contributed by atoms with van der Waals surface area (Å²) < 4.78 is 13.4. The number of piperazine rings is 1. The van der Waals surface area contributed by atoms with Gasteiger partial charge in [-0.05, 0) is 43.3 Å². The first-order chi connectivity index (χ1) is 17.5. The van der Waals surface area contributed by atoms with Crippen LogP contribution >= 0.6 is 0 Å². The Morgan fingerprint density at radius 3 is 2.56 bits per heavy atom. The van der Waals surface area contributed by atoms with E-state index in [2.05, 4.69) is 56.3 Å². The highest BCUT2D eigenvalue weighted by Gasteiger charge is 2.17. The lowest BCUT2D eigenvalue weighted by Crippen LogP contribution is -2.45. The highest BCUT2D eigenvalue weighted by Crippen LogP contribution is 2.33. The van der Waals surface area contributed by atoms with Crippen LogP contribution in [0.3, 0.4) is 0 Å². The van der Waals surface area contributed by atoms with E-state index >= 15 is 0 Å². The van der Waals surface area contributed by atoms with E-state index in [-0.39, 0.29) is 11.7 Å². The van der Waals surface area contributed by atoms with E-state index in [1.165, 1.54) is 12.1 Å². The van der Waals surface area contributed by atoms with Gasteiger partial charge in [-0.15, -0.1) is 0 Å². The Kier molecular flexibility index (Phi) is 7.11. The van der Waals surface area contributed by atoms with Crippen molar-refractivity contribution in [1.29, 1.82) is 0 Å². The number of H-pyrrole nitrogens is 1. The van der Waals surface area contributed by atoms with E-state index < -0.39 is 0 Å². The zero-order chi connectivity index (χ0) is 25.1. The molecule has 0 spiro atoms. The average Bonchev–Trinajstić information content (AvgIpc) is 3.29. The predicted octanol–water partition coefficient (Wildman–Crippen LogP) is 4.69. The van der Waals surface area contributed by atoms with Gasteiger partial charge in [0, 0.05) is 69.0 Å². The number of fused-ring (bicyclic) bond motifs is 1. The van der Waals surface area contributed by atoms with Crippen molar-refractivity contribution in [2.45, 2.75) is 19.8 Å². The van der Waals surface area contributed by atoms with Crippen molar-refractivity contribution in [1.82, 2.24) is 29.7 Å². The summed E-state index contributed by atoms with van der Waals surface area (Å²) in [5.41, 5.74) is 4.50. The molecule has 4 heterocycles. The largest absolute Gasteiger partial charge is 0.382 e. The summed E-state index contributed by atoms with van der Waals surface area (Å²) in [5, 5.41) is 8.14. The molecule has 1 aliphatic heterocycles. The van der Waals surface area contributed by atoms with Crippen molar-refractivity contribution in [3.05, 3.63) is 60.3 Å². The monoisotopic (exact) mass is 488 g/mol. The molecule has 0 atom stereocenters. The molecule has 0 bridgehead atoms. The van der Waals surface area contributed by atoms with Crippen LogP contribution in [0.25, 0.3) is 22.4 Å². The first-order valence-corrected chi connectivity index (χ1v) is 12.5. The Morgan fingerprint density at radius 1 is 1.03 bits per heavy atom. The van der Waals surface area contributed by atoms with Crippen LogP contribution in [0.15, 0.2) is 48.9 Å². The lowest BCUT2D eigenvalue weighted by molar-refractivity contribution is 0.158. The molecular weight excluding hydrogens is 455 g/mol. The van der Waals surface area contributed by atoms with Crippen LogP contribution in [-0.2, 0) is 0 Å². The fraction of sp³-hybridized carbons (Fsp3) is 0.370. The van der Waals surface area contributed by atoms with Gasteiger partial charge in [-0.1, -0.05) is 13.8 Å². The van der Waals surface area contributed by atoms with Gasteiger partial charge in [0.25, 0.3) is 0 Å². The third-order valence-electron chi connectivity index (χ3n) is 6.71. The first kappa shape index (κ1) is 24.1. The van der Waals surface area contributed by atoms with Crippen LogP contribution in [-0.4, -0.2) is 76.1 Å². The van der Waals surface area contributed by atoms with Crippen LogP contribution in [0.2, 0.25) is 0 Å². The molecule has 1 fully saturated rings. The number of aromatic amines is 1. The Hall–Kier alpha value is -3.56. The summed E-state index contributed by atoms with van der Waals surface area (Å²) in [5.74, 6) is 1.22. The average molecular weight is 489 g/mol. The number of hydrogen-bond acceptors (Lipinski definition) is 7. The number of likely N-dealkylation sites (N-methyl/N-ethyl adjacent to an activating group) is 1. The molecule has 1 aliphatic rings. The van der Waals surface area contributed by atoms with Gasteiger partial charge in [0.05, 0.1) is 16.8 Å². The van der Waals surface area contributed by atoms with Gasteiger partial charge in [0.15, 0.2) is 5.82 Å². The molecule has 0 radical (unpaired) electrons. The number of nitrogens with zero attached hydrogens (tertiary/aromatic N) is 5. The summed E-state index contributed by atoms with van der Waals surface area (Å²) in [7, 11) is 2.17. The molecule has 5 rings (SSSR count). The minimum absolute atomic E-state index is 0.222. The van der Waals surface area contributed by atoms with Crippen molar-refractivity contribution >= 4 is 28.2 Å². The van der Waals surface area contributed by atoms with Gasteiger partial charge in [-0.3, -0.25) is 4.90 Å². The minimum Gasteiger partial charge on any atom is -0.382 e. The number of rotatable bonds is 8. The molecule has 36 heavy (non-hydrogen) atoms. The maximum absolute atomic E-state index is 13.4. The fourth-order valence-corrected chi connectivity index (χ4v) is 4.50. The third kappa shape index (κ3) is 5.32. The molecule has 188 valence electrons. The van der Waals surface area contributed by atoms with E-state index in [0.29, 0.717) is 5.82 Å². The van der Waals surface area contributed by atoms with Gasteiger partial charge >= 0.3 is 0 Å². The number of aromatic nitrogens is 4. The third-order valence-corrected chi connectivity index (χ3v) is 6.71. The fourth-order valence-electron chi connectivity index (χ4n) is 4.50. The van der Waals surface area contributed by atoms with Crippen LogP contribution in [0, 0.1) is 5.82 Å². The SMILES string of the molecule is CC(C)c1cnc(-c2ccc(F)cc2)nc1Nc1ccnc2[nH]cc(NCCN3CCN(C)CC3)c12. The highest BCUT2D eigenvalue weighted by atomic mass is 19.1. The summed E-state index contributed by atoms with van der Waals surface area (Å²) in [6.07, 6.45) is 5.61. The van der Waals surface area contributed by atoms with Crippen molar-refractivity contribution in [2.75, 3.05) is 56.9 Å². The molecule has 1 aromatic carbocycles. The summed E-state index contributed by atoms with van der Waals surface area (Å²) in [6.45, 7) is 10.5. The van der Waals surface area contributed by atoms with Crippen LogP contribution < -0.4 is 10.6 Å².